The lowest BCUT2D eigenvalue weighted by Gasteiger charge is -2.41. The van der Waals surface area contributed by atoms with E-state index >= 15 is 0 Å². The van der Waals surface area contributed by atoms with Crippen LogP contribution < -0.4 is 10.6 Å². The SMILES string of the molecule is OC[C@H]1NC(CCCCCCCCC2N[C@H](CO)[C@@H](O)[C@H](O)[C@@H]2O)[C@@H](O)[C@@H](O)[C@@H]1O. The van der Waals surface area contributed by atoms with Crippen molar-refractivity contribution in [3.8, 4) is 0 Å². The van der Waals surface area contributed by atoms with Crippen LogP contribution in [0.4, 0.5) is 0 Å². The highest BCUT2D eigenvalue weighted by molar-refractivity contribution is 4.98. The van der Waals surface area contributed by atoms with Gasteiger partial charge in [0.1, 0.15) is 12.2 Å². The van der Waals surface area contributed by atoms with E-state index in [4.69, 9.17) is 0 Å². The Kier molecular flexibility index (Phi) is 10.9. The Balaban J connectivity index is 1.57. The highest BCUT2D eigenvalue weighted by Gasteiger charge is 2.42. The molecule has 10 nitrogen and oxygen atoms in total. The van der Waals surface area contributed by atoms with Crippen LogP contribution in [0.3, 0.4) is 0 Å². The largest absolute Gasteiger partial charge is 0.395 e. The quantitative estimate of drug-likeness (QED) is 0.149. The second-order valence-corrected chi connectivity index (χ2v) is 8.77. The molecule has 10 atom stereocenters. The van der Waals surface area contributed by atoms with Gasteiger partial charge in [-0.25, -0.2) is 0 Å². The van der Waals surface area contributed by atoms with Gasteiger partial charge in [0.15, 0.2) is 0 Å². The first-order valence-electron chi connectivity index (χ1n) is 11.1. The van der Waals surface area contributed by atoms with Gasteiger partial charge >= 0.3 is 0 Å². The monoisotopic (exact) mass is 436 g/mol. The van der Waals surface area contributed by atoms with Crippen molar-refractivity contribution in [2.45, 2.75) is 112 Å². The molecule has 2 aliphatic rings. The fraction of sp³-hybridized carbons (Fsp3) is 1.00. The lowest BCUT2D eigenvalue weighted by atomic mass is 9.87. The first-order valence-corrected chi connectivity index (χ1v) is 11.1. The van der Waals surface area contributed by atoms with Crippen molar-refractivity contribution < 1.29 is 40.9 Å². The maximum absolute atomic E-state index is 10.1. The normalized spacial score (nSPS) is 42.4. The van der Waals surface area contributed by atoms with Gasteiger partial charge in [0, 0.05) is 12.1 Å². The standard InChI is InChI=1S/C20H40N2O8/c23-9-13-17(27)19(29)15(25)11(21-13)7-5-3-1-2-4-6-8-12-16(26)20(30)18(28)14(10-24)22-12/h11-30H,1-10H2/t11?,12?,13-,14-,15-,16-,17-,18-,19-,20-/m1/s1. The lowest BCUT2D eigenvalue weighted by molar-refractivity contribution is -0.120. The molecule has 0 spiro atoms. The molecule has 2 unspecified atom stereocenters. The number of aliphatic hydroxyl groups is 8. The van der Waals surface area contributed by atoms with Crippen molar-refractivity contribution >= 4 is 0 Å². The molecule has 0 radical (unpaired) electrons. The van der Waals surface area contributed by atoms with E-state index in [1.165, 1.54) is 0 Å². The van der Waals surface area contributed by atoms with Crippen LogP contribution in [0, 0.1) is 0 Å². The predicted molar refractivity (Wildman–Crippen MR) is 109 cm³/mol. The van der Waals surface area contributed by atoms with E-state index in [9.17, 15) is 40.9 Å². The van der Waals surface area contributed by atoms with Crippen LogP contribution in [0.2, 0.25) is 0 Å². The molecular weight excluding hydrogens is 396 g/mol. The van der Waals surface area contributed by atoms with E-state index in [-0.39, 0.29) is 25.3 Å². The molecule has 10 N–H and O–H groups in total. The van der Waals surface area contributed by atoms with Gasteiger partial charge in [-0.3, -0.25) is 0 Å². The van der Waals surface area contributed by atoms with Crippen LogP contribution >= 0.6 is 0 Å². The Hall–Kier alpha value is -0.400. The molecule has 0 aromatic carbocycles. The molecule has 0 aliphatic carbocycles. The van der Waals surface area contributed by atoms with E-state index in [0.29, 0.717) is 12.8 Å². The minimum absolute atomic E-state index is 0.305. The second-order valence-electron chi connectivity index (χ2n) is 8.77. The lowest BCUT2D eigenvalue weighted by Crippen LogP contribution is -2.65. The zero-order chi connectivity index (χ0) is 22.3. The molecule has 0 bridgehead atoms. The Morgan fingerprint density at radius 2 is 0.700 bits per heavy atom. The fourth-order valence-corrected chi connectivity index (χ4v) is 4.57. The number of nitrogens with one attached hydrogen (secondary N) is 2. The molecule has 2 rings (SSSR count). The molecular formula is C20H40N2O8. The Morgan fingerprint density at radius 1 is 0.400 bits per heavy atom. The molecule has 2 saturated heterocycles. The van der Waals surface area contributed by atoms with Crippen molar-refractivity contribution in [2.24, 2.45) is 0 Å². The molecule has 2 aliphatic heterocycles. The Bertz CT molecular complexity index is 442. The van der Waals surface area contributed by atoms with Crippen LogP contribution in [0.5, 0.6) is 0 Å². The third-order valence-electron chi connectivity index (χ3n) is 6.58. The number of aliphatic hydroxyl groups excluding tert-OH is 8. The highest BCUT2D eigenvalue weighted by atomic mass is 16.4. The van der Waals surface area contributed by atoms with Crippen LogP contribution in [-0.4, -0.2) is 115 Å². The number of hydrogen-bond donors (Lipinski definition) is 10. The number of piperidine rings is 2. The van der Waals surface area contributed by atoms with E-state index in [0.717, 1.165) is 38.5 Å². The molecule has 2 heterocycles. The maximum atomic E-state index is 10.1. The van der Waals surface area contributed by atoms with Crippen LogP contribution in [0.15, 0.2) is 0 Å². The zero-order valence-electron chi connectivity index (χ0n) is 17.4. The van der Waals surface area contributed by atoms with Gasteiger partial charge in [-0.05, 0) is 12.8 Å². The van der Waals surface area contributed by atoms with E-state index < -0.39 is 48.7 Å². The van der Waals surface area contributed by atoms with Crippen molar-refractivity contribution in [3.05, 3.63) is 0 Å². The first kappa shape index (κ1) is 25.9. The summed E-state index contributed by atoms with van der Waals surface area (Å²) in [6, 6.07) is -1.99. The van der Waals surface area contributed by atoms with Crippen LogP contribution in [0.1, 0.15) is 51.4 Å². The molecule has 0 aromatic heterocycles. The highest BCUT2D eigenvalue weighted by Crippen LogP contribution is 2.22. The van der Waals surface area contributed by atoms with Gasteiger partial charge < -0.3 is 51.5 Å². The van der Waals surface area contributed by atoms with Crippen molar-refractivity contribution in [1.82, 2.24) is 10.6 Å². The summed E-state index contributed by atoms with van der Waals surface area (Å²) in [6.45, 7) is -0.609. The van der Waals surface area contributed by atoms with E-state index in [1.54, 1.807) is 0 Å². The minimum Gasteiger partial charge on any atom is -0.395 e. The number of hydrogen-bond acceptors (Lipinski definition) is 10. The zero-order valence-corrected chi connectivity index (χ0v) is 17.4. The average molecular weight is 437 g/mol. The van der Waals surface area contributed by atoms with Crippen LogP contribution in [0.25, 0.3) is 0 Å². The molecule has 0 saturated carbocycles. The smallest absolute Gasteiger partial charge is 0.109 e. The van der Waals surface area contributed by atoms with E-state index in [2.05, 4.69) is 10.6 Å². The van der Waals surface area contributed by atoms with Crippen molar-refractivity contribution in [3.63, 3.8) is 0 Å². The minimum atomic E-state index is -1.26. The van der Waals surface area contributed by atoms with Gasteiger partial charge in [0.25, 0.3) is 0 Å². The third-order valence-corrected chi connectivity index (χ3v) is 6.58. The van der Waals surface area contributed by atoms with Gasteiger partial charge in [-0.1, -0.05) is 38.5 Å². The molecule has 10 heteroatoms. The molecule has 30 heavy (non-hydrogen) atoms. The summed E-state index contributed by atoms with van der Waals surface area (Å²) < 4.78 is 0. The summed E-state index contributed by atoms with van der Waals surface area (Å²) in [4.78, 5) is 0. The van der Waals surface area contributed by atoms with Gasteiger partial charge in [-0.2, -0.15) is 0 Å². The summed E-state index contributed by atoms with van der Waals surface area (Å²) in [5, 5.41) is 84.1. The van der Waals surface area contributed by atoms with Gasteiger partial charge in [0.05, 0.1) is 49.7 Å². The molecule has 0 aromatic rings. The van der Waals surface area contributed by atoms with Crippen molar-refractivity contribution in [1.29, 1.82) is 0 Å². The summed E-state index contributed by atoms with van der Waals surface area (Å²) in [7, 11) is 0. The first-order chi connectivity index (χ1) is 14.3. The third kappa shape index (κ3) is 6.55. The Morgan fingerprint density at radius 3 is 1.03 bits per heavy atom. The second kappa shape index (κ2) is 12.6. The molecule has 0 amide bonds. The summed E-state index contributed by atoms with van der Waals surface area (Å²) in [5.74, 6) is 0. The topological polar surface area (TPSA) is 186 Å². The van der Waals surface area contributed by atoms with Gasteiger partial charge in [0.2, 0.25) is 0 Å². The Labute approximate surface area is 177 Å². The summed E-state index contributed by atoms with van der Waals surface area (Å²) in [6.07, 6.45) is -0.133. The number of unbranched alkanes of at least 4 members (excludes halogenated alkanes) is 5. The van der Waals surface area contributed by atoms with Crippen molar-refractivity contribution in [2.75, 3.05) is 13.2 Å². The summed E-state index contributed by atoms with van der Waals surface area (Å²) in [5.41, 5.74) is 0. The van der Waals surface area contributed by atoms with E-state index in [1.807, 2.05) is 0 Å². The molecule has 178 valence electrons. The summed E-state index contributed by atoms with van der Waals surface area (Å²) >= 11 is 0. The fourth-order valence-electron chi connectivity index (χ4n) is 4.57. The van der Waals surface area contributed by atoms with Gasteiger partial charge in [-0.15, -0.1) is 0 Å². The maximum Gasteiger partial charge on any atom is 0.109 e. The molecule has 2 fully saturated rings. The predicted octanol–water partition coefficient (Wildman–Crippen LogP) is -3.06. The average Bonchev–Trinajstić information content (AvgIpc) is 2.75. The number of rotatable bonds is 11. The van der Waals surface area contributed by atoms with Crippen LogP contribution in [-0.2, 0) is 0 Å².